The lowest BCUT2D eigenvalue weighted by Gasteiger charge is -2.40. The molecule has 1 amide bonds. The molecule has 0 atom stereocenters. The van der Waals surface area contributed by atoms with Gasteiger partial charge in [0.15, 0.2) is 0 Å². The normalized spacial score (nSPS) is 16.9. The fourth-order valence-corrected chi connectivity index (χ4v) is 5.31. The molecule has 1 fully saturated rings. The molecule has 4 rings (SSSR count). The Bertz CT molecular complexity index is 997. The lowest BCUT2D eigenvalue weighted by Crippen LogP contribution is -2.38. The van der Waals surface area contributed by atoms with E-state index in [4.69, 9.17) is 4.74 Å². The van der Waals surface area contributed by atoms with Gasteiger partial charge >= 0.3 is 0 Å². The molecule has 2 aromatic carbocycles. The number of benzene rings is 2. The van der Waals surface area contributed by atoms with Crippen LogP contribution in [-0.2, 0) is 12.8 Å². The molecule has 0 bridgehead atoms. The molecule has 1 aliphatic carbocycles. The van der Waals surface area contributed by atoms with Crippen LogP contribution in [0.25, 0.3) is 5.57 Å². The number of amides is 1. The number of piperidine rings is 1. The Balaban J connectivity index is 1.80. The molecule has 2 aromatic rings. The molecule has 0 radical (unpaired) electrons. The summed E-state index contributed by atoms with van der Waals surface area (Å²) in [6.45, 7) is 9.81. The van der Waals surface area contributed by atoms with Crippen LogP contribution in [0.5, 0.6) is 5.75 Å². The van der Waals surface area contributed by atoms with E-state index in [1.165, 1.54) is 22.3 Å². The van der Waals surface area contributed by atoms with Crippen LogP contribution in [0.2, 0.25) is 0 Å². The monoisotopic (exact) mass is 432 g/mol. The van der Waals surface area contributed by atoms with E-state index in [0.29, 0.717) is 0 Å². The van der Waals surface area contributed by atoms with Gasteiger partial charge in [0.05, 0.1) is 7.11 Å². The molecule has 2 aliphatic rings. The van der Waals surface area contributed by atoms with E-state index in [-0.39, 0.29) is 11.3 Å². The van der Waals surface area contributed by atoms with Crippen molar-refractivity contribution < 1.29 is 9.53 Å². The number of hydrogen-bond donors (Lipinski definition) is 1. The molecular formula is C28H36N2O2. The van der Waals surface area contributed by atoms with Crippen molar-refractivity contribution in [1.29, 1.82) is 0 Å². The maximum Gasteiger partial charge on any atom is 0.253 e. The van der Waals surface area contributed by atoms with Crippen molar-refractivity contribution in [3.63, 3.8) is 0 Å². The Labute approximate surface area is 192 Å². The number of carbonyl (C=O) groups is 1. The van der Waals surface area contributed by atoms with Crippen LogP contribution in [0.4, 0.5) is 0 Å². The van der Waals surface area contributed by atoms with E-state index in [2.05, 4.69) is 42.6 Å². The second-order valence-corrected chi connectivity index (χ2v) is 9.09. The molecule has 4 nitrogen and oxygen atoms in total. The smallest absolute Gasteiger partial charge is 0.253 e. The number of nitrogens with one attached hydrogen (secondary N) is 1. The van der Waals surface area contributed by atoms with E-state index in [1.807, 2.05) is 30.9 Å². The Morgan fingerprint density at radius 1 is 1.06 bits per heavy atom. The molecule has 1 saturated heterocycles. The van der Waals surface area contributed by atoms with Gasteiger partial charge in [-0.15, -0.1) is 0 Å². The number of hydrogen-bond acceptors (Lipinski definition) is 3. The van der Waals surface area contributed by atoms with E-state index >= 15 is 0 Å². The van der Waals surface area contributed by atoms with Gasteiger partial charge in [0.2, 0.25) is 0 Å². The molecule has 170 valence electrons. The van der Waals surface area contributed by atoms with Crippen LogP contribution in [0.3, 0.4) is 0 Å². The van der Waals surface area contributed by atoms with Crippen molar-refractivity contribution in [3.05, 3.63) is 70.3 Å². The minimum absolute atomic E-state index is 0.0968. The van der Waals surface area contributed by atoms with Gasteiger partial charge in [-0.3, -0.25) is 4.79 Å². The summed E-state index contributed by atoms with van der Waals surface area (Å²) in [6, 6.07) is 12.7. The molecule has 32 heavy (non-hydrogen) atoms. The number of nitrogens with zero attached hydrogens (tertiary/aromatic N) is 1. The van der Waals surface area contributed by atoms with Gasteiger partial charge in [0.25, 0.3) is 5.91 Å². The third-order valence-corrected chi connectivity index (χ3v) is 7.23. The van der Waals surface area contributed by atoms with Crippen LogP contribution in [-0.4, -0.2) is 44.1 Å². The number of carbonyl (C=O) groups excluding carboxylic acids is 1. The number of fused-ring (bicyclic) bond motifs is 1. The Hall–Kier alpha value is -2.59. The van der Waals surface area contributed by atoms with E-state index in [1.54, 1.807) is 7.11 Å². The van der Waals surface area contributed by atoms with Crippen molar-refractivity contribution in [3.8, 4) is 5.75 Å². The van der Waals surface area contributed by atoms with Gasteiger partial charge in [-0.2, -0.15) is 0 Å². The summed E-state index contributed by atoms with van der Waals surface area (Å²) in [6.07, 6.45) is 6.86. The number of ether oxygens (including phenoxy) is 1. The summed E-state index contributed by atoms with van der Waals surface area (Å²) in [5.41, 5.74) is 7.27. The third kappa shape index (κ3) is 4.21. The lowest BCUT2D eigenvalue weighted by molar-refractivity contribution is 0.0773. The quantitative estimate of drug-likeness (QED) is 0.691. The van der Waals surface area contributed by atoms with E-state index in [9.17, 15) is 4.79 Å². The first-order valence-corrected chi connectivity index (χ1v) is 12.1. The van der Waals surface area contributed by atoms with Crippen molar-refractivity contribution in [2.24, 2.45) is 5.41 Å². The van der Waals surface area contributed by atoms with Crippen LogP contribution < -0.4 is 10.1 Å². The number of aryl methyl sites for hydroxylation is 1. The summed E-state index contributed by atoms with van der Waals surface area (Å²) < 4.78 is 5.89. The topological polar surface area (TPSA) is 41.6 Å². The van der Waals surface area contributed by atoms with Gasteiger partial charge in [-0.1, -0.05) is 31.2 Å². The standard InChI is InChI=1S/C28H36N2O2/c1-5-20-16-23-18-28(12-14-29-15-13-28)19-24(26(23)25(17-20)32-4)21-8-10-22(11-9-21)27(31)30(6-2)7-3/h8-11,16-17,19,29H,5-7,12-15,18H2,1-4H3. The van der Waals surface area contributed by atoms with Crippen LogP contribution in [0.1, 0.15) is 66.2 Å². The highest BCUT2D eigenvalue weighted by molar-refractivity contribution is 5.95. The summed E-state index contributed by atoms with van der Waals surface area (Å²) in [5.74, 6) is 1.05. The van der Waals surface area contributed by atoms with Crippen molar-refractivity contribution >= 4 is 11.5 Å². The highest BCUT2D eigenvalue weighted by atomic mass is 16.5. The summed E-state index contributed by atoms with van der Waals surface area (Å²) in [5, 5.41) is 3.53. The molecule has 1 N–H and O–H groups in total. The average Bonchev–Trinajstić information content (AvgIpc) is 2.84. The Kier molecular flexibility index (Phi) is 6.71. The van der Waals surface area contributed by atoms with E-state index in [0.717, 1.165) is 68.7 Å². The van der Waals surface area contributed by atoms with Crippen molar-refractivity contribution in [1.82, 2.24) is 10.2 Å². The Morgan fingerprint density at radius 3 is 2.34 bits per heavy atom. The second-order valence-electron chi connectivity index (χ2n) is 9.09. The largest absolute Gasteiger partial charge is 0.496 e. The lowest BCUT2D eigenvalue weighted by atomic mass is 9.67. The summed E-state index contributed by atoms with van der Waals surface area (Å²) in [7, 11) is 1.77. The van der Waals surface area contributed by atoms with Crippen LogP contribution in [0, 0.1) is 5.41 Å². The molecule has 1 aliphatic heterocycles. The molecule has 0 unspecified atom stereocenters. The maximum atomic E-state index is 12.8. The first kappa shape index (κ1) is 22.6. The molecule has 1 spiro atoms. The van der Waals surface area contributed by atoms with Crippen LogP contribution in [0.15, 0.2) is 42.5 Å². The van der Waals surface area contributed by atoms with Gasteiger partial charge in [-0.25, -0.2) is 0 Å². The third-order valence-electron chi connectivity index (χ3n) is 7.23. The summed E-state index contributed by atoms with van der Waals surface area (Å²) >= 11 is 0. The minimum atomic E-state index is 0.0968. The van der Waals surface area contributed by atoms with Gasteiger partial charge in [0.1, 0.15) is 5.75 Å². The van der Waals surface area contributed by atoms with Crippen molar-refractivity contribution in [2.75, 3.05) is 33.3 Å². The van der Waals surface area contributed by atoms with E-state index < -0.39 is 0 Å². The number of methoxy groups -OCH3 is 1. The fourth-order valence-electron chi connectivity index (χ4n) is 5.31. The van der Waals surface area contributed by atoms with Gasteiger partial charge < -0.3 is 15.0 Å². The molecular weight excluding hydrogens is 396 g/mol. The number of rotatable bonds is 6. The fraction of sp³-hybridized carbons (Fsp3) is 0.464. The zero-order valence-electron chi connectivity index (χ0n) is 20.0. The molecule has 0 aromatic heterocycles. The average molecular weight is 433 g/mol. The minimum Gasteiger partial charge on any atom is -0.496 e. The highest BCUT2D eigenvalue weighted by Crippen LogP contribution is 2.48. The molecule has 1 heterocycles. The van der Waals surface area contributed by atoms with Crippen molar-refractivity contribution in [2.45, 2.75) is 46.5 Å². The first-order chi connectivity index (χ1) is 15.5. The first-order valence-electron chi connectivity index (χ1n) is 12.1. The predicted molar refractivity (Wildman–Crippen MR) is 131 cm³/mol. The maximum absolute atomic E-state index is 12.8. The number of allylic oxidation sites excluding steroid dienone is 1. The van der Waals surface area contributed by atoms with Crippen LogP contribution >= 0.6 is 0 Å². The predicted octanol–water partition coefficient (Wildman–Crippen LogP) is 5.10. The Morgan fingerprint density at radius 2 is 1.75 bits per heavy atom. The zero-order valence-corrected chi connectivity index (χ0v) is 20.0. The second kappa shape index (κ2) is 9.50. The molecule has 0 saturated carbocycles. The zero-order chi connectivity index (χ0) is 22.7. The van der Waals surface area contributed by atoms with Gasteiger partial charge in [0, 0.05) is 24.2 Å². The SMILES string of the molecule is CCc1cc2c(c(OC)c1)C(c1ccc(C(=O)N(CC)CC)cc1)=CC1(CCNCC1)C2. The molecule has 4 heteroatoms. The highest BCUT2D eigenvalue weighted by Gasteiger charge is 2.36. The van der Waals surface area contributed by atoms with Gasteiger partial charge in [-0.05, 0) is 98.5 Å². The summed E-state index contributed by atoms with van der Waals surface area (Å²) in [4.78, 5) is 14.7.